The van der Waals surface area contributed by atoms with Crippen LogP contribution in [0.1, 0.15) is 12.8 Å². The van der Waals surface area contributed by atoms with Crippen LogP contribution in [0.5, 0.6) is 0 Å². The Kier molecular flexibility index (Phi) is 5.03. The molecule has 0 unspecified atom stereocenters. The van der Waals surface area contributed by atoms with E-state index in [1.807, 2.05) is 40.6 Å². The number of nitrogens with zero attached hydrogens (tertiary/aromatic N) is 3. The molecule has 1 amide bonds. The number of aromatic nitrogens is 3. The van der Waals surface area contributed by atoms with E-state index in [9.17, 15) is 4.79 Å². The molecule has 0 bridgehead atoms. The first-order chi connectivity index (χ1) is 11.5. The fourth-order valence-corrected chi connectivity index (χ4v) is 3.56. The van der Waals surface area contributed by atoms with Gasteiger partial charge in [-0.1, -0.05) is 23.7 Å². The summed E-state index contributed by atoms with van der Waals surface area (Å²) in [7, 11) is 1.90. The van der Waals surface area contributed by atoms with Crippen molar-refractivity contribution in [1.82, 2.24) is 14.3 Å². The number of piperidine rings is 1. The van der Waals surface area contributed by atoms with Gasteiger partial charge in [0.25, 0.3) is 0 Å². The zero-order chi connectivity index (χ0) is 17.3. The molecule has 0 atom stereocenters. The van der Waals surface area contributed by atoms with Crippen LogP contribution in [0.15, 0.2) is 24.3 Å². The highest BCUT2D eigenvalue weighted by Crippen LogP contribution is 2.25. The lowest BCUT2D eigenvalue weighted by molar-refractivity contribution is -0.928. The Balaban J connectivity index is 1.79. The minimum absolute atomic E-state index is 0.00383. The summed E-state index contributed by atoms with van der Waals surface area (Å²) in [5.41, 5.74) is 6.26. The van der Waals surface area contributed by atoms with Crippen molar-refractivity contribution in [3.05, 3.63) is 34.1 Å². The summed E-state index contributed by atoms with van der Waals surface area (Å²) in [6, 6.07) is 7.61. The van der Waals surface area contributed by atoms with Gasteiger partial charge in [-0.15, -0.1) is 5.10 Å². The predicted molar refractivity (Wildman–Crippen MR) is 95.1 cm³/mol. The van der Waals surface area contributed by atoms with Gasteiger partial charge in [0, 0.05) is 31.4 Å². The molecule has 8 heteroatoms. The summed E-state index contributed by atoms with van der Waals surface area (Å²) in [5, 5.41) is 5.32. The average Bonchev–Trinajstić information content (AvgIpc) is 2.84. The van der Waals surface area contributed by atoms with Gasteiger partial charge in [-0.3, -0.25) is 4.79 Å². The maximum atomic E-state index is 11.3. The molecule has 1 aliphatic rings. The number of likely N-dealkylation sites (tertiary alicyclic amines) is 1. The van der Waals surface area contributed by atoms with Crippen molar-refractivity contribution in [2.75, 3.05) is 13.1 Å². The smallest absolute Gasteiger partial charge is 0.220 e. The third-order valence-corrected chi connectivity index (χ3v) is 5.44. The minimum Gasteiger partial charge on any atom is -0.369 e. The number of hydrogen-bond donors (Lipinski definition) is 2. The van der Waals surface area contributed by atoms with Crippen LogP contribution in [0.2, 0.25) is 5.02 Å². The lowest BCUT2D eigenvalue weighted by Crippen LogP contribution is -3.12. The Morgan fingerprint density at radius 1 is 1.42 bits per heavy atom. The Hall–Kier alpha value is -1.70. The number of hydrogen-bond acceptors (Lipinski definition) is 3. The molecular formula is C16H21ClN5OS+. The second-order valence-electron chi connectivity index (χ2n) is 6.23. The van der Waals surface area contributed by atoms with E-state index in [0.717, 1.165) is 37.3 Å². The summed E-state index contributed by atoms with van der Waals surface area (Å²) >= 11 is 11.8. The van der Waals surface area contributed by atoms with E-state index < -0.39 is 0 Å². The monoisotopic (exact) mass is 366 g/mol. The standard InChI is InChI=1S/C16H20ClN5OS/c1-20-15(12-4-2-3-5-13(12)17)19-22(16(20)24)10-21-8-6-11(7-9-21)14(18)23/h2-5,11H,6-10H2,1H3,(H2,18,23)/p+1. The fourth-order valence-electron chi connectivity index (χ4n) is 3.15. The lowest BCUT2D eigenvalue weighted by Gasteiger charge is -2.27. The van der Waals surface area contributed by atoms with Gasteiger partial charge in [0.05, 0.1) is 18.1 Å². The van der Waals surface area contributed by atoms with Crippen LogP contribution in [0.3, 0.4) is 0 Å². The van der Waals surface area contributed by atoms with Crippen molar-refractivity contribution in [3.63, 3.8) is 0 Å². The zero-order valence-electron chi connectivity index (χ0n) is 13.5. The summed E-state index contributed by atoms with van der Waals surface area (Å²) in [6.45, 7) is 2.48. The van der Waals surface area contributed by atoms with E-state index >= 15 is 0 Å². The van der Waals surface area contributed by atoms with Crippen molar-refractivity contribution in [3.8, 4) is 11.4 Å². The number of quaternary nitrogens is 1. The summed E-state index contributed by atoms with van der Waals surface area (Å²) < 4.78 is 4.38. The highest BCUT2D eigenvalue weighted by Gasteiger charge is 2.26. The Morgan fingerprint density at radius 2 is 2.08 bits per heavy atom. The van der Waals surface area contributed by atoms with Crippen LogP contribution in [-0.2, 0) is 18.5 Å². The molecule has 24 heavy (non-hydrogen) atoms. The van der Waals surface area contributed by atoms with E-state index in [0.29, 0.717) is 16.5 Å². The van der Waals surface area contributed by atoms with Crippen LogP contribution in [-0.4, -0.2) is 33.3 Å². The molecule has 0 radical (unpaired) electrons. The molecule has 1 aromatic carbocycles. The van der Waals surface area contributed by atoms with E-state index in [1.165, 1.54) is 4.90 Å². The number of carbonyl (C=O) groups excluding carboxylic acids is 1. The molecule has 0 spiro atoms. The third kappa shape index (κ3) is 3.38. The van der Waals surface area contributed by atoms with Crippen LogP contribution < -0.4 is 10.6 Å². The molecule has 0 saturated carbocycles. The number of carbonyl (C=O) groups is 1. The number of nitrogens with two attached hydrogens (primary N) is 1. The minimum atomic E-state index is -0.190. The summed E-state index contributed by atoms with van der Waals surface area (Å²) in [6.07, 6.45) is 1.64. The van der Waals surface area contributed by atoms with Crippen LogP contribution >= 0.6 is 23.8 Å². The van der Waals surface area contributed by atoms with Crippen molar-refractivity contribution in [2.24, 2.45) is 18.7 Å². The summed E-state index contributed by atoms with van der Waals surface area (Å²) in [4.78, 5) is 12.6. The molecule has 2 heterocycles. The topological polar surface area (TPSA) is 70.3 Å². The first-order valence-electron chi connectivity index (χ1n) is 7.99. The first kappa shape index (κ1) is 17.1. The molecule has 3 N–H and O–H groups in total. The maximum Gasteiger partial charge on any atom is 0.220 e. The zero-order valence-corrected chi connectivity index (χ0v) is 15.1. The van der Waals surface area contributed by atoms with Gasteiger partial charge in [-0.2, -0.15) is 4.68 Å². The van der Waals surface area contributed by atoms with Crippen molar-refractivity contribution in [2.45, 2.75) is 19.5 Å². The third-order valence-electron chi connectivity index (χ3n) is 4.62. The van der Waals surface area contributed by atoms with Gasteiger partial charge in [0.1, 0.15) is 0 Å². The Bertz CT molecular complexity index is 807. The SMILES string of the molecule is Cn1c(-c2ccccc2Cl)nn(C[NH+]2CCC(C(N)=O)CC2)c1=S. The highest BCUT2D eigenvalue weighted by atomic mass is 35.5. The van der Waals surface area contributed by atoms with Crippen molar-refractivity contribution in [1.29, 1.82) is 0 Å². The number of nitrogens with one attached hydrogen (secondary N) is 1. The van der Waals surface area contributed by atoms with E-state index in [-0.39, 0.29) is 11.8 Å². The molecule has 0 aliphatic carbocycles. The number of amides is 1. The van der Waals surface area contributed by atoms with Crippen molar-refractivity contribution < 1.29 is 9.69 Å². The van der Waals surface area contributed by atoms with E-state index in [2.05, 4.69) is 5.10 Å². The number of benzene rings is 1. The van der Waals surface area contributed by atoms with Gasteiger partial charge in [-0.05, 0) is 24.4 Å². The van der Waals surface area contributed by atoms with Gasteiger partial charge >= 0.3 is 0 Å². The van der Waals surface area contributed by atoms with Crippen LogP contribution in [0.4, 0.5) is 0 Å². The molecule has 3 rings (SSSR count). The molecular weight excluding hydrogens is 346 g/mol. The van der Waals surface area contributed by atoms with E-state index in [1.54, 1.807) is 0 Å². The van der Waals surface area contributed by atoms with Crippen molar-refractivity contribution >= 4 is 29.7 Å². The largest absolute Gasteiger partial charge is 0.369 e. The number of halogens is 1. The second-order valence-corrected chi connectivity index (χ2v) is 7.00. The maximum absolute atomic E-state index is 11.3. The number of primary amides is 1. The van der Waals surface area contributed by atoms with E-state index in [4.69, 9.17) is 29.6 Å². The van der Waals surface area contributed by atoms with Gasteiger partial charge in [0.2, 0.25) is 10.7 Å². The first-order valence-corrected chi connectivity index (χ1v) is 8.77. The summed E-state index contributed by atoms with van der Waals surface area (Å²) in [5.74, 6) is 0.575. The van der Waals surface area contributed by atoms with Gasteiger partial charge in [-0.25, -0.2) is 0 Å². The fraction of sp³-hybridized carbons (Fsp3) is 0.438. The molecule has 6 nitrogen and oxygen atoms in total. The average molecular weight is 367 g/mol. The normalized spacial score (nSPS) is 20.9. The Morgan fingerprint density at radius 3 is 2.71 bits per heavy atom. The quantitative estimate of drug-likeness (QED) is 0.793. The van der Waals surface area contributed by atoms with Gasteiger partial charge < -0.3 is 15.2 Å². The predicted octanol–water partition coefficient (Wildman–Crippen LogP) is 1.01. The lowest BCUT2D eigenvalue weighted by atomic mass is 9.97. The molecule has 1 saturated heterocycles. The Labute approximate surface area is 150 Å². The second kappa shape index (κ2) is 7.04. The van der Waals surface area contributed by atoms with Crippen LogP contribution in [0, 0.1) is 10.7 Å². The molecule has 2 aromatic rings. The molecule has 1 aliphatic heterocycles. The van der Waals surface area contributed by atoms with Gasteiger partial charge in [0.15, 0.2) is 12.5 Å². The molecule has 1 aromatic heterocycles. The highest BCUT2D eigenvalue weighted by molar-refractivity contribution is 7.71. The van der Waals surface area contributed by atoms with Crippen LogP contribution in [0.25, 0.3) is 11.4 Å². The molecule has 1 fully saturated rings. The number of rotatable bonds is 4. The molecule has 128 valence electrons.